The van der Waals surface area contributed by atoms with E-state index in [4.69, 9.17) is 4.74 Å². The summed E-state index contributed by atoms with van der Waals surface area (Å²) >= 11 is 3.39. The van der Waals surface area contributed by atoms with Crippen LogP contribution in [0.2, 0.25) is 0 Å². The number of benzene rings is 2. The van der Waals surface area contributed by atoms with Crippen molar-refractivity contribution in [1.82, 2.24) is 4.57 Å². The third kappa shape index (κ3) is 3.75. The van der Waals surface area contributed by atoms with E-state index in [1.165, 1.54) is 13.0 Å². The van der Waals surface area contributed by atoms with Crippen LogP contribution in [-0.2, 0) is 17.5 Å². The normalized spacial score (nSPS) is 11.8. The van der Waals surface area contributed by atoms with Crippen molar-refractivity contribution in [3.05, 3.63) is 64.0 Å². The second-order valence-corrected chi connectivity index (χ2v) is 6.54. The number of carbonyl (C=O) groups excluding carboxylic acids is 1. The summed E-state index contributed by atoms with van der Waals surface area (Å²) in [5.41, 5.74) is -0.250. The highest BCUT2D eigenvalue weighted by Gasteiger charge is 2.34. The van der Waals surface area contributed by atoms with Gasteiger partial charge < -0.3 is 9.30 Å². The zero-order valence-corrected chi connectivity index (χ0v) is 15.0. The molecule has 0 fully saturated rings. The summed E-state index contributed by atoms with van der Waals surface area (Å²) in [7, 11) is 0. The average molecular weight is 430 g/mol. The third-order valence-electron chi connectivity index (χ3n) is 3.75. The van der Waals surface area contributed by atoms with Crippen molar-refractivity contribution >= 4 is 32.8 Å². The Balaban J connectivity index is 1.98. The van der Waals surface area contributed by atoms with Crippen LogP contribution in [0, 0.1) is 5.82 Å². The molecule has 0 unspecified atom stereocenters. The molecule has 3 rings (SSSR count). The molecule has 1 aromatic heterocycles. The zero-order valence-electron chi connectivity index (χ0n) is 13.4. The molecule has 0 amide bonds. The van der Waals surface area contributed by atoms with Gasteiger partial charge in [0, 0.05) is 35.0 Å². The van der Waals surface area contributed by atoms with Crippen LogP contribution in [0.15, 0.2) is 47.1 Å². The van der Waals surface area contributed by atoms with Crippen LogP contribution >= 0.6 is 15.9 Å². The van der Waals surface area contributed by atoms with Gasteiger partial charge in [-0.15, -0.1) is 0 Å². The van der Waals surface area contributed by atoms with Crippen LogP contribution < -0.4 is 4.74 Å². The fraction of sp³-hybridized carbons (Fsp3) is 0.167. The largest absolute Gasteiger partial charge is 0.427 e. The molecule has 8 heteroatoms. The van der Waals surface area contributed by atoms with Gasteiger partial charge in [-0.2, -0.15) is 13.2 Å². The van der Waals surface area contributed by atoms with Crippen molar-refractivity contribution in [2.24, 2.45) is 0 Å². The van der Waals surface area contributed by atoms with Gasteiger partial charge in [-0.25, -0.2) is 4.39 Å². The van der Waals surface area contributed by atoms with E-state index in [1.54, 1.807) is 29.0 Å². The number of alkyl halides is 3. The van der Waals surface area contributed by atoms with Gasteiger partial charge in [-0.1, -0.05) is 6.07 Å². The minimum Gasteiger partial charge on any atom is -0.427 e. The molecule has 1 heterocycles. The third-order valence-corrected chi connectivity index (χ3v) is 4.39. The first-order valence-corrected chi connectivity index (χ1v) is 8.27. The molecule has 0 saturated heterocycles. The molecule has 0 aliphatic heterocycles. The molecule has 0 bridgehead atoms. The lowest BCUT2D eigenvalue weighted by Gasteiger charge is -2.11. The Kier molecular flexibility index (Phi) is 4.79. The lowest BCUT2D eigenvalue weighted by molar-refractivity contribution is -0.140. The van der Waals surface area contributed by atoms with Gasteiger partial charge in [-0.05, 0) is 51.8 Å². The first-order valence-electron chi connectivity index (χ1n) is 7.47. The SMILES string of the molecule is CC(=O)Oc1ccc2c(c1)c(Br)cn2Cc1ccc(F)c(C(F)(F)F)c1. The van der Waals surface area contributed by atoms with Crippen LogP contribution in [0.5, 0.6) is 5.75 Å². The van der Waals surface area contributed by atoms with Crippen molar-refractivity contribution in [3.63, 3.8) is 0 Å². The average Bonchev–Trinajstić information content (AvgIpc) is 2.83. The van der Waals surface area contributed by atoms with Gasteiger partial charge in [0.2, 0.25) is 0 Å². The van der Waals surface area contributed by atoms with Crippen LogP contribution in [-0.4, -0.2) is 10.5 Å². The van der Waals surface area contributed by atoms with Crippen LogP contribution in [0.4, 0.5) is 17.6 Å². The molecule has 0 aliphatic carbocycles. The fourth-order valence-corrected chi connectivity index (χ4v) is 3.24. The number of aromatic nitrogens is 1. The van der Waals surface area contributed by atoms with Crippen LogP contribution in [0.3, 0.4) is 0 Å². The summed E-state index contributed by atoms with van der Waals surface area (Å²) in [6.07, 6.45) is -3.04. The quantitative estimate of drug-likeness (QED) is 0.311. The van der Waals surface area contributed by atoms with Gasteiger partial charge in [0.1, 0.15) is 11.6 Å². The summed E-state index contributed by atoms with van der Waals surface area (Å²) in [5.74, 6) is -1.39. The summed E-state index contributed by atoms with van der Waals surface area (Å²) in [6.45, 7) is 1.41. The molecule has 3 nitrogen and oxygen atoms in total. The van der Waals surface area contributed by atoms with Crippen molar-refractivity contribution in [2.45, 2.75) is 19.6 Å². The molecular weight excluding hydrogens is 418 g/mol. The minimum atomic E-state index is -4.75. The second kappa shape index (κ2) is 6.75. The van der Waals surface area contributed by atoms with Gasteiger partial charge in [0.05, 0.1) is 5.56 Å². The van der Waals surface area contributed by atoms with E-state index in [2.05, 4.69) is 15.9 Å². The Bertz CT molecular complexity index is 995. The maximum Gasteiger partial charge on any atom is 0.419 e. The number of hydrogen-bond donors (Lipinski definition) is 0. The van der Waals surface area contributed by atoms with Gasteiger partial charge >= 0.3 is 12.1 Å². The Morgan fingerprint density at radius 2 is 1.92 bits per heavy atom. The van der Waals surface area contributed by atoms with Gasteiger partial charge in [-0.3, -0.25) is 4.79 Å². The Labute approximate surface area is 154 Å². The molecule has 3 aromatic rings. The van der Waals surface area contributed by atoms with E-state index in [0.29, 0.717) is 15.8 Å². The molecule has 0 aliphatic rings. The standard InChI is InChI=1S/C18H12BrF4NO2/c1-10(25)26-12-3-5-17-13(7-12)15(19)9-24(17)8-11-2-4-16(20)14(6-11)18(21,22)23/h2-7,9H,8H2,1H3. The summed E-state index contributed by atoms with van der Waals surface area (Å²) < 4.78 is 59.5. The molecule has 136 valence electrons. The van der Waals surface area contributed by atoms with Crippen molar-refractivity contribution in [1.29, 1.82) is 0 Å². The van der Waals surface area contributed by atoms with Crippen molar-refractivity contribution < 1.29 is 27.1 Å². The van der Waals surface area contributed by atoms with E-state index >= 15 is 0 Å². The number of rotatable bonds is 3. The molecule has 26 heavy (non-hydrogen) atoms. The Hall–Kier alpha value is -2.35. The predicted molar refractivity (Wildman–Crippen MR) is 91.5 cm³/mol. The number of hydrogen-bond acceptors (Lipinski definition) is 2. The van der Waals surface area contributed by atoms with E-state index < -0.39 is 23.5 Å². The highest BCUT2D eigenvalue weighted by molar-refractivity contribution is 9.10. The summed E-state index contributed by atoms with van der Waals surface area (Å²) in [5, 5.41) is 0.738. The fourth-order valence-electron chi connectivity index (χ4n) is 2.68. The first kappa shape index (κ1) is 18.4. The first-order chi connectivity index (χ1) is 12.1. The predicted octanol–water partition coefficient (Wildman–Crippen LogP) is 5.54. The molecule has 0 N–H and O–H groups in total. The Morgan fingerprint density at radius 3 is 2.58 bits per heavy atom. The second-order valence-electron chi connectivity index (χ2n) is 5.69. The van der Waals surface area contributed by atoms with Crippen molar-refractivity contribution in [3.8, 4) is 5.75 Å². The number of nitrogens with zero attached hydrogens (tertiary/aromatic N) is 1. The van der Waals surface area contributed by atoms with E-state index in [-0.39, 0.29) is 6.54 Å². The molecule has 0 radical (unpaired) electrons. The summed E-state index contributed by atoms with van der Waals surface area (Å²) in [6, 6.07) is 7.89. The number of halogens is 5. The monoisotopic (exact) mass is 429 g/mol. The number of carbonyl (C=O) groups is 1. The Morgan fingerprint density at radius 1 is 1.19 bits per heavy atom. The minimum absolute atomic E-state index is 0.123. The van der Waals surface area contributed by atoms with Crippen molar-refractivity contribution in [2.75, 3.05) is 0 Å². The van der Waals surface area contributed by atoms with E-state index in [1.807, 2.05) is 0 Å². The number of ether oxygens (including phenoxy) is 1. The lowest BCUT2D eigenvalue weighted by Crippen LogP contribution is -2.09. The highest BCUT2D eigenvalue weighted by Crippen LogP contribution is 2.33. The lowest BCUT2D eigenvalue weighted by atomic mass is 10.1. The van der Waals surface area contributed by atoms with E-state index in [9.17, 15) is 22.4 Å². The summed E-state index contributed by atoms with van der Waals surface area (Å²) in [4.78, 5) is 11.1. The zero-order chi connectivity index (χ0) is 19.1. The number of fused-ring (bicyclic) bond motifs is 1. The molecular formula is C18H12BrF4NO2. The molecule has 0 atom stereocenters. The van der Waals surface area contributed by atoms with Gasteiger partial charge in [0.15, 0.2) is 0 Å². The number of esters is 1. The highest BCUT2D eigenvalue weighted by atomic mass is 79.9. The van der Waals surface area contributed by atoms with Gasteiger partial charge in [0.25, 0.3) is 0 Å². The van der Waals surface area contributed by atoms with Crippen LogP contribution in [0.25, 0.3) is 10.9 Å². The maximum absolute atomic E-state index is 13.4. The molecule has 0 saturated carbocycles. The van der Waals surface area contributed by atoms with Crippen LogP contribution in [0.1, 0.15) is 18.1 Å². The smallest absolute Gasteiger partial charge is 0.419 e. The maximum atomic E-state index is 13.4. The molecule has 0 spiro atoms. The van der Waals surface area contributed by atoms with E-state index in [0.717, 1.165) is 23.0 Å². The molecule has 2 aromatic carbocycles. The topological polar surface area (TPSA) is 31.2 Å².